The van der Waals surface area contributed by atoms with Crippen LogP contribution in [0.1, 0.15) is 25.6 Å². The van der Waals surface area contributed by atoms with Crippen molar-refractivity contribution in [2.75, 3.05) is 22.7 Å². The van der Waals surface area contributed by atoms with Gasteiger partial charge in [-0.1, -0.05) is 19.1 Å². The number of benzene rings is 2. The number of rotatable bonds is 5. The molecule has 1 saturated heterocycles. The standard InChI is InChI=1S/C23H22F4N4O2S/c1-14-4-3-11-31(13-14)21-19(16-5-2-6-18(12-16)30-34(32)33)20(15-7-9-17(24)10-8-15)28-22(29-21)23(25,26)27/h2,5-10,12,14,30H,3-4,11,13H2,1H3,(H,32,33)/p-1. The zero-order chi connectivity index (χ0) is 24.5. The van der Waals surface area contributed by atoms with Crippen LogP contribution in [0.25, 0.3) is 22.4 Å². The minimum absolute atomic E-state index is 0.0176. The van der Waals surface area contributed by atoms with Crippen LogP contribution in [-0.2, 0) is 17.4 Å². The summed E-state index contributed by atoms with van der Waals surface area (Å²) >= 11 is -2.59. The molecule has 180 valence electrons. The van der Waals surface area contributed by atoms with E-state index in [-0.39, 0.29) is 28.7 Å². The average Bonchev–Trinajstić information content (AvgIpc) is 2.78. The zero-order valence-electron chi connectivity index (χ0n) is 18.1. The maximum Gasteiger partial charge on any atom is 0.451 e. The van der Waals surface area contributed by atoms with Crippen molar-refractivity contribution in [3.8, 4) is 22.4 Å². The number of nitrogens with zero attached hydrogens (tertiary/aromatic N) is 3. The molecule has 6 nitrogen and oxygen atoms in total. The molecule has 1 aromatic heterocycles. The van der Waals surface area contributed by atoms with Crippen molar-refractivity contribution in [1.29, 1.82) is 0 Å². The molecular formula is C23H21F4N4O2S-. The molecule has 2 atom stereocenters. The van der Waals surface area contributed by atoms with Gasteiger partial charge in [0.15, 0.2) is 0 Å². The molecule has 34 heavy (non-hydrogen) atoms. The molecule has 0 bridgehead atoms. The maximum atomic E-state index is 13.8. The molecule has 0 saturated carbocycles. The van der Waals surface area contributed by atoms with Gasteiger partial charge in [0.05, 0.1) is 11.3 Å². The van der Waals surface area contributed by atoms with E-state index < -0.39 is 29.1 Å². The van der Waals surface area contributed by atoms with E-state index in [4.69, 9.17) is 0 Å². The first-order chi connectivity index (χ1) is 16.1. The van der Waals surface area contributed by atoms with Crippen LogP contribution in [0.2, 0.25) is 0 Å². The quantitative estimate of drug-likeness (QED) is 0.380. The minimum atomic E-state index is -4.80. The molecule has 0 amide bonds. The van der Waals surface area contributed by atoms with E-state index in [0.29, 0.717) is 24.2 Å². The summed E-state index contributed by atoms with van der Waals surface area (Å²) in [5.74, 6) is -1.48. The molecule has 11 heteroatoms. The third kappa shape index (κ3) is 5.36. The predicted molar refractivity (Wildman–Crippen MR) is 121 cm³/mol. The summed E-state index contributed by atoms with van der Waals surface area (Å²) in [7, 11) is 0. The highest BCUT2D eigenvalue weighted by Gasteiger charge is 2.38. The van der Waals surface area contributed by atoms with E-state index in [1.807, 2.05) is 6.92 Å². The van der Waals surface area contributed by atoms with Crippen molar-refractivity contribution >= 4 is 22.8 Å². The lowest BCUT2D eigenvalue weighted by Crippen LogP contribution is -2.36. The fraction of sp³-hybridized carbons (Fsp3) is 0.304. The first kappa shape index (κ1) is 24.1. The molecule has 1 N–H and O–H groups in total. The van der Waals surface area contributed by atoms with Gasteiger partial charge in [0.25, 0.3) is 0 Å². The Bertz CT molecular complexity index is 1200. The van der Waals surface area contributed by atoms with E-state index in [2.05, 4.69) is 14.7 Å². The van der Waals surface area contributed by atoms with Crippen LogP contribution >= 0.6 is 0 Å². The van der Waals surface area contributed by atoms with Crippen molar-refractivity contribution < 1.29 is 26.3 Å². The Morgan fingerprint density at radius 1 is 1.12 bits per heavy atom. The highest BCUT2D eigenvalue weighted by atomic mass is 32.2. The van der Waals surface area contributed by atoms with Crippen LogP contribution in [-0.4, -0.2) is 31.8 Å². The smallest absolute Gasteiger partial charge is 0.451 e. The topological polar surface area (TPSA) is 81.2 Å². The largest absolute Gasteiger partial charge is 0.755 e. The van der Waals surface area contributed by atoms with Gasteiger partial charge in [-0.15, -0.1) is 0 Å². The van der Waals surface area contributed by atoms with Gasteiger partial charge in [-0.2, -0.15) is 13.2 Å². The van der Waals surface area contributed by atoms with Gasteiger partial charge in [0.2, 0.25) is 5.82 Å². The van der Waals surface area contributed by atoms with Crippen molar-refractivity contribution in [2.45, 2.75) is 25.9 Å². The third-order valence-corrected chi connectivity index (χ3v) is 5.97. The SMILES string of the molecule is CC1CCCN(c2nc(C(F)(F)F)nc(-c3ccc(F)cc3)c2-c2cccc(NS(=O)[O-])c2)C1. The molecule has 0 radical (unpaired) electrons. The van der Waals surface area contributed by atoms with E-state index >= 15 is 0 Å². The summed E-state index contributed by atoms with van der Waals surface area (Å²) in [6.07, 6.45) is -3.07. The monoisotopic (exact) mass is 493 g/mol. The molecule has 2 heterocycles. The Morgan fingerprint density at radius 2 is 1.85 bits per heavy atom. The molecular weight excluding hydrogens is 472 g/mol. The van der Waals surface area contributed by atoms with E-state index in [1.165, 1.54) is 24.3 Å². The summed E-state index contributed by atoms with van der Waals surface area (Å²) in [6, 6.07) is 11.3. The van der Waals surface area contributed by atoms with Gasteiger partial charge < -0.3 is 14.2 Å². The maximum absolute atomic E-state index is 13.8. The zero-order valence-corrected chi connectivity index (χ0v) is 18.9. The van der Waals surface area contributed by atoms with Crippen LogP contribution in [0.5, 0.6) is 0 Å². The Morgan fingerprint density at radius 3 is 2.50 bits per heavy atom. The van der Waals surface area contributed by atoms with E-state index in [0.717, 1.165) is 25.0 Å². The fourth-order valence-corrected chi connectivity index (χ4v) is 4.42. The number of nitrogens with one attached hydrogen (secondary N) is 1. The lowest BCUT2D eigenvalue weighted by Gasteiger charge is -2.34. The first-order valence-corrected chi connectivity index (χ1v) is 11.7. The molecule has 3 aromatic rings. The number of aromatic nitrogens is 2. The summed E-state index contributed by atoms with van der Waals surface area (Å²) in [6.45, 7) is 3.04. The number of anilines is 2. The molecule has 0 aliphatic carbocycles. The van der Waals surface area contributed by atoms with Crippen LogP contribution in [0.4, 0.5) is 29.1 Å². The molecule has 2 unspecified atom stereocenters. The Kier molecular flexibility index (Phi) is 6.85. The second kappa shape index (κ2) is 9.67. The molecule has 1 fully saturated rings. The number of alkyl halides is 3. The summed E-state index contributed by atoms with van der Waals surface area (Å²) < 4.78 is 79.6. The summed E-state index contributed by atoms with van der Waals surface area (Å²) in [4.78, 5) is 9.61. The molecule has 2 aromatic carbocycles. The minimum Gasteiger partial charge on any atom is -0.755 e. The van der Waals surface area contributed by atoms with Gasteiger partial charge in [0.1, 0.15) is 11.6 Å². The summed E-state index contributed by atoms with van der Waals surface area (Å²) in [5, 5.41) is 0. The Balaban J connectivity index is 2.01. The van der Waals surface area contributed by atoms with Crippen LogP contribution in [0.3, 0.4) is 0 Å². The molecule has 0 spiro atoms. The van der Waals surface area contributed by atoms with Crippen molar-refractivity contribution in [3.63, 3.8) is 0 Å². The highest BCUT2D eigenvalue weighted by molar-refractivity contribution is 7.80. The number of piperidine rings is 1. The molecule has 1 aliphatic rings. The van der Waals surface area contributed by atoms with Gasteiger partial charge in [-0.05, 0) is 60.7 Å². The Hall–Kier alpha value is -3.05. The summed E-state index contributed by atoms with van der Waals surface area (Å²) in [5.41, 5.74) is 1.23. The normalized spacial score (nSPS) is 17.5. The van der Waals surface area contributed by atoms with E-state index in [1.54, 1.807) is 17.0 Å². The fourth-order valence-electron chi connectivity index (χ4n) is 4.10. The van der Waals surface area contributed by atoms with Crippen LogP contribution in [0.15, 0.2) is 48.5 Å². The molecule has 1 aliphatic heterocycles. The molecule has 4 rings (SSSR count). The van der Waals surface area contributed by atoms with Crippen LogP contribution < -0.4 is 9.62 Å². The van der Waals surface area contributed by atoms with Crippen molar-refractivity contribution in [3.05, 3.63) is 60.2 Å². The average molecular weight is 494 g/mol. The highest BCUT2D eigenvalue weighted by Crippen LogP contribution is 2.42. The van der Waals surface area contributed by atoms with Crippen LogP contribution in [0, 0.1) is 11.7 Å². The predicted octanol–water partition coefficient (Wildman–Crippen LogP) is 5.41. The second-order valence-corrected chi connectivity index (χ2v) is 8.88. The van der Waals surface area contributed by atoms with E-state index in [9.17, 15) is 26.3 Å². The van der Waals surface area contributed by atoms with Crippen molar-refractivity contribution in [1.82, 2.24) is 9.97 Å². The van der Waals surface area contributed by atoms with Gasteiger partial charge in [0, 0.05) is 35.6 Å². The number of halogens is 4. The third-order valence-electron chi connectivity index (χ3n) is 5.57. The number of hydrogen-bond acceptors (Lipinski definition) is 5. The van der Waals surface area contributed by atoms with Crippen molar-refractivity contribution in [2.24, 2.45) is 5.92 Å². The number of hydrogen-bond donors (Lipinski definition) is 1. The van der Waals surface area contributed by atoms with Gasteiger partial charge >= 0.3 is 6.18 Å². The Labute approximate surface area is 196 Å². The van der Waals surface area contributed by atoms with Gasteiger partial charge in [-0.3, -0.25) is 4.21 Å². The lowest BCUT2D eigenvalue weighted by atomic mass is 9.96. The second-order valence-electron chi connectivity index (χ2n) is 8.21. The lowest BCUT2D eigenvalue weighted by molar-refractivity contribution is -0.144. The van der Waals surface area contributed by atoms with Gasteiger partial charge in [-0.25, -0.2) is 14.4 Å². The first-order valence-electron chi connectivity index (χ1n) is 10.6.